The first-order chi connectivity index (χ1) is 17.1. The molecule has 0 aliphatic carbocycles. The first-order valence-electron chi connectivity index (χ1n) is 15.1. The molecule has 0 aromatic rings. The van der Waals surface area contributed by atoms with E-state index in [1.54, 1.807) is 0 Å². The van der Waals surface area contributed by atoms with Crippen molar-refractivity contribution in [1.29, 1.82) is 0 Å². The summed E-state index contributed by atoms with van der Waals surface area (Å²) < 4.78 is 10.2. The van der Waals surface area contributed by atoms with Gasteiger partial charge in [-0.2, -0.15) is 0 Å². The van der Waals surface area contributed by atoms with Crippen LogP contribution in [0.1, 0.15) is 162 Å². The molecular formula is C30H58O5. The number of ether oxygens (including phenoxy) is 2. The van der Waals surface area contributed by atoms with Crippen molar-refractivity contribution in [3.63, 3.8) is 0 Å². The third-order valence-electron chi connectivity index (χ3n) is 6.59. The van der Waals surface area contributed by atoms with Crippen molar-refractivity contribution >= 4 is 11.9 Å². The monoisotopic (exact) mass is 498 g/mol. The van der Waals surface area contributed by atoms with Crippen LogP contribution >= 0.6 is 0 Å². The van der Waals surface area contributed by atoms with Gasteiger partial charge in [-0.25, -0.2) is 0 Å². The van der Waals surface area contributed by atoms with Crippen molar-refractivity contribution in [2.75, 3.05) is 13.2 Å². The fourth-order valence-corrected chi connectivity index (χ4v) is 4.26. The molecule has 0 radical (unpaired) electrons. The molecule has 0 saturated carbocycles. The number of hydrogen-bond donors (Lipinski definition) is 1. The quantitative estimate of drug-likeness (QED) is 0.0908. The maximum Gasteiger partial charge on any atom is 0.305 e. The Bertz CT molecular complexity index is 466. The summed E-state index contributed by atoms with van der Waals surface area (Å²) in [6, 6.07) is 0. The zero-order valence-corrected chi connectivity index (χ0v) is 23.3. The summed E-state index contributed by atoms with van der Waals surface area (Å²) in [5.74, 6) is -0.562. The molecule has 208 valence electrons. The molecule has 0 aromatic carbocycles. The first kappa shape index (κ1) is 33.9. The minimum absolute atomic E-state index is 0.109. The van der Waals surface area contributed by atoms with Crippen molar-refractivity contribution in [2.45, 2.75) is 168 Å². The molecule has 5 nitrogen and oxygen atoms in total. The molecule has 0 aromatic heterocycles. The zero-order chi connectivity index (χ0) is 25.8. The molecule has 1 atom stereocenters. The second-order valence-corrected chi connectivity index (χ2v) is 10.2. The predicted molar refractivity (Wildman–Crippen MR) is 145 cm³/mol. The van der Waals surface area contributed by atoms with Gasteiger partial charge in [0.05, 0.1) is 0 Å². The molecule has 0 heterocycles. The van der Waals surface area contributed by atoms with Crippen LogP contribution in [-0.4, -0.2) is 36.4 Å². The molecule has 0 fully saturated rings. The third kappa shape index (κ3) is 27.3. The van der Waals surface area contributed by atoms with E-state index in [1.807, 2.05) is 0 Å². The summed E-state index contributed by atoms with van der Waals surface area (Å²) in [6.07, 6.45) is 25.7. The van der Waals surface area contributed by atoms with Gasteiger partial charge in [-0.05, 0) is 12.8 Å². The van der Waals surface area contributed by atoms with E-state index in [9.17, 15) is 14.7 Å². The Balaban J connectivity index is 3.42. The van der Waals surface area contributed by atoms with Gasteiger partial charge < -0.3 is 14.6 Å². The van der Waals surface area contributed by atoms with Gasteiger partial charge in [-0.1, -0.05) is 136 Å². The van der Waals surface area contributed by atoms with Crippen LogP contribution in [0.2, 0.25) is 0 Å². The molecule has 0 spiro atoms. The largest absolute Gasteiger partial charge is 0.463 e. The van der Waals surface area contributed by atoms with E-state index in [1.165, 1.54) is 109 Å². The van der Waals surface area contributed by atoms with Crippen LogP contribution in [0.15, 0.2) is 0 Å². The number of esters is 2. The lowest BCUT2D eigenvalue weighted by Crippen LogP contribution is -2.25. The smallest absolute Gasteiger partial charge is 0.305 e. The van der Waals surface area contributed by atoms with E-state index < -0.39 is 6.10 Å². The maximum absolute atomic E-state index is 11.8. The number of aliphatic hydroxyl groups excluding tert-OH is 1. The minimum Gasteiger partial charge on any atom is -0.463 e. The fraction of sp³-hybridized carbons (Fsp3) is 0.933. The summed E-state index contributed by atoms with van der Waals surface area (Å²) in [5.41, 5.74) is 0. The highest BCUT2D eigenvalue weighted by molar-refractivity contribution is 5.69. The second-order valence-electron chi connectivity index (χ2n) is 10.2. The molecule has 0 unspecified atom stereocenters. The normalized spacial score (nSPS) is 12.0. The highest BCUT2D eigenvalue weighted by Crippen LogP contribution is 2.13. The minimum atomic E-state index is -0.951. The Kier molecular flexibility index (Phi) is 26.6. The fourth-order valence-electron chi connectivity index (χ4n) is 4.26. The lowest BCUT2D eigenvalue weighted by Gasteiger charge is -2.12. The average Bonchev–Trinajstić information content (AvgIpc) is 2.85. The van der Waals surface area contributed by atoms with Crippen LogP contribution in [0.5, 0.6) is 0 Å². The van der Waals surface area contributed by atoms with Crippen LogP contribution in [0, 0.1) is 0 Å². The second kappa shape index (κ2) is 27.5. The highest BCUT2D eigenvalue weighted by Gasteiger charge is 2.12. The molecule has 5 heteroatoms. The van der Waals surface area contributed by atoms with Crippen LogP contribution in [0.25, 0.3) is 0 Å². The van der Waals surface area contributed by atoms with Crippen LogP contribution in [0.3, 0.4) is 0 Å². The number of rotatable bonds is 27. The predicted octanol–water partition coefficient (Wildman–Crippen LogP) is 8.45. The van der Waals surface area contributed by atoms with Gasteiger partial charge in [0, 0.05) is 12.8 Å². The molecule has 0 aliphatic heterocycles. The van der Waals surface area contributed by atoms with Gasteiger partial charge in [0.1, 0.15) is 19.3 Å². The van der Waals surface area contributed by atoms with Crippen molar-refractivity contribution in [1.82, 2.24) is 0 Å². The van der Waals surface area contributed by atoms with E-state index in [0.717, 1.165) is 25.7 Å². The summed E-state index contributed by atoms with van der Waals surface area (Å²) in [5, 5.41) is 9.90. The Hall–Kier alpha value is -1.10. The van der Waals surface area contributed by atoms with Gasteiger partial charge in [-0.3, -0.25) is 9.59 Å². The van der Waals surface area contributed by atoms with Crippen LogP contribution < -0.4 is 0 Å². The van der Waals surface area contributed by atoms with Crippen molar-refractivity contribution < 1.29 is 24.2 Å². The molecule has 0 aliphatic rings. The Morgan fingerprint density at radius 3 is 1.03 bits per heavy atom. The molecule has 1 N–H and O–H groups in total. The number of hydrogen-bond acceptors (Lipinski definition) is 5. The van der Waals surface area contributed by atoms with Crippen molar-refractivity contribution in [2.24, 2.45) is 0 Å². The van der Waals surface area contributed by atoms with Crippen LogP contribution in [0.4, 0.5) is 0 Å². The standard InChI is InChI=1S/C30H58O5/c1-3-5-7-9-11-13-15-17-19-21-23-25-30(33)35-27-28(31)26-34-29(32)24-22-20-18-16-14-12-10-8-6-4-2/h28,31H,3-27H2,1-2H3/t28-/m1/s1. The molecule has 0 saturated heterocycles. The van der Waals surface area contributed by atoms with Gasteiger partial charge in [0.15, 0.2) is 0 Å². The van der Waals surface area contributed by atoms with Gasteiger partial charge in [0.2, 0.25) is 0 Å². The SMILES string of the molecule is CCCCCCCCCCCCCC(=O)OC[C@H](O)COC(=O)CCCCCCCCCCCC. The zero-order valence-electron chi connectivity index (χ0n) is 23.3. The van der Waals surface area contributed by atoms with E-state index in [2.05, 4.69) is 13.8 Å². The summed E-state index contributed by atoms with van der Waals surface area (Å²) in [4.78, 5) is 23.6. The summed E-state index contributed by atoms with van der Waals surface area (Å²) in [6.45, 7) is 4.27. The Morgan fingerprint density at radius 1 is 0.486 bits per heavy atom. The maximum atomic E-state index is 11.8. The number of aliphatic hydroxyl groups is 1. The molecule has 35 heavy (non-hydrogen) atoms. The van der Waals surface area contributed by atoms with Crippen molar-refractivity contribution in [3.05, 3.63) is 0 Å². The van der Waals surface area contributed by atoms with Crippen molar-refractivity contribution in [3.8, 4) is 0 Å². The lowest BCUT2D eigenvalue weighted by atomic mass is 10.1. The summed E-state index contributed by atoms with van der Waals surface area (Å²) in [7, 11) is 0. The number of unbranched alkanes of at least 4 members (excludes halogenated alkanes) is 19. The Labute approximate surface area is 217 Å². The van der Waals surface area contributed by atoms with Gasteiger partial charge in [0.25, 0.3) is 0 Å². The van der Waals surface area contributed by atoms with E-state index in [0.29, 0.717) is 12.8 Å². The van der Waals surface area contributed by atoms with Crippen LogP contribution in [-0.2, 0) is 19.1 Å². The average molecular weight is 499 g/mol. The Morgan fingerprint density at radius 2 is 0.743 bits per heavy atom. The molecular weight excluding hydrogens is 440 g/mol. The van der Waals surface area contributed by atoms with E-state index in [4.69, 9.17) is 9.47 Å². The van der Waals surface area contributed by atoms with E-state index >= 15 is 0 Å². The third-order valence-corrected chi connectivity index (χ3v) is 6.59. The van der Waals surface area contributed by atoms with Gasteiger partial charge in [-0.15, -0.1) is 0 Å². The molecule has 0 amide bonds. The number of carbonyl (C=O) groups excluding carboxylic acids is 2. The topological polar surface area (TPSA) is 72.8 Å². The highest BCUT2D eigenvalue weighted by atomic mass is 16.6. The van der Waals surface area contributed by atoms with E-state index in [-0.39, 0.29) is 25.2 Å². The first-order valence-corrected chi connectivity index (χ1v) is 15.1. The molecule has 0 bridgehead atoms. The van der Waals surface area contributed by atoms with Gasteiger partial charge >= 0.3 is 11.9 Å². The number of carbonyl (C=O) groups is 2. The summed E-state index contributed by atoms with van der Waals surface area (Å²) >= 11 is 0. The lowest BCUT2D eigenvalue weighted by molar-refractivity contribution is -0.152. The molecule has 0 rings (SSSR count).